The summed E-state index contributed by atoms with van der Waals surface area (Å²) in [5.41, 5.74) is 6.53. The number of benzene rings is 1. The molecule has 0 radical (unpaired) electrons. The molecule has 2 rings (SSSR count). The first-order chi connectivity index (χ1) is 7.99. The second kappa shape index (κ2) is 3.89. The van der Waals surface area contributed by atoms with Crippen molar-refractivity contribution >= 4 is 11.7 Å². The molecule has 0 spiro atoms. The van der Waals surface area contributed by atoms with Crippen LogP contribution in [-0.4, -0.2) is 20.9 Å². The number of aromatic carboxylic acids is 1. The number of nitrogens with zero attached hydrogens (tertiary/aromatic N) is 2. The maximum atomic E-state index is 13.0. The third kappa shape index (κ3) is 1.96. The van der Waals surface area contributed by atoms with E-state index in [1.54, 1.807) is 6.92 Å². The summed E-state index contributed by atoms with van der Waals surface area (Å²) >= 11 is 0. The van der Waals surface area contributed by atoms with Crippen LogP contribution in [0.15, 0.2) is 24.3 Å². The van der Waals surface area contributed by atoms with E-state index in [2.05, 4.69) is 5.10 Å². The van der Waals surface area contributed by atoms with Gasteiger partial charge in [-0.1, -0.05) is 0 Å². The molecule has 5 nitrogen and oxygen atoms in total. The van der Waals surface area contributed by atoms with E-state index in [-0.39, 0.29) is 11.4 Å². The van der Waals surface area contributed by atoms with Crippen LogP contribution in [0.1, 0.15) is 16.2 Å². The summed E-state index contributed by atoms with van der Waals surface area (Å²) in [5, 5.41) is 12.7. The molecule has 17 heavy (non-hydrogen) atoms. The predicted octanol–water partition coefficient (Wildman–Crippen LogP) is 1.60. The fourth-order valence-corrected chi connectivity index (χ4v) is 1.50. The number of aromatic nitrogens is 2. The highest BCUT2D eigenvalue weighted by atomic mass is 19.1. The molecule has 6 heteroatoms. The molecule has 2 aromatic rings. The maximum Gasteiger partial charge on any atom is 0.356 e. The number of rotatable bonds is 2. The van der Waals surface area contributed by atoms with Gasteiger partial charge in [0, 0.05) is 5.69 Å². The maximum absolute atomic E-state index is 13.0. The molecule has 1 aromatic carbocycles. The standard InChI is InChI=1S/C11H10FN3O2/c1-6-4-10(11(16)17)14-15(6)7-2-3-8(12)9(13)5-7/h2-5H,13H2,1H3,(H,16,17). The minimum atomic E-state index is -1.11. The van der Waals surface area contributed by atoms with Gasteiger partial charge in [-0.05, 0) is 31.2 Å². The molecule has 3 N–H and O–H groups in total. The Morgan fingerprint density at radius 2 is 2.18 bits per heavy atom. The fraction of sp³-hybridized carbons (Fsp3) is 0.0909. The van der Waals surface area contributed by atoms with Gasteiger partial charge in [-0.2, -0.15) is 5.10 Å². The van der Waals surface area contributed by atoms with Crippen LogP contribution in [0.2, 0.25) is 0 Å². The van der Waals surface area contributed by atoms with Crippen LogP contribution in [0.4, 0.5) is 10.1 Å². The third-order valence-corrected chi connectivity index (χ3v) is 2.33. The van der Waals surface area contributed by atoms with Gasteiger partial charge in [0.1, 0.15) is 5.82 Å². The Morgan fingerprint density at radius 3 is 2.71 bits per heavy atom. The first-order valence-corrected chi connectivity index (χ1v) is 4.84. The van der Waals surface area contributed by atoms with Crippen LogP contribution < -0.4 is 5.73 Å². The first-order valence-electron chi connectivity index (χ1n) is 4.84. The zero-order valence-electron chi connectivity index (χ0n) is 9.01. The highest BCUT2D eigenvalue weighted by Gasteiger charge is 2.12. The van der Waals surface area contributed by atoms with Crippen LogP contribution in [0.25, 0.3) is 5.69 Å². The Kier molecular flexibility index (Phi) is 2.55. The fourth-order valence-electron chi connectivity index (χ4n) is 1.50. The molecule has 1 aromatic heterocycles. The normalized spacial score (nSPS) is 10.5. The first kappa shape index (κ1) is 11.1. The number of nitrogen functional groups attached to an aromatic ring is 1. The van der Waals surface area contributed by atoms with Crippen molar-refractivity contribution in [1.82, 2.24) is 9.78 Å². The van der Waals surface area contributed by atoms with E-state index in [1.165, 1.54) is 28.9 Å². The van der Waals surface area contributed by atoms with E-state index < -0.39 is 11.8 Å². The van der Waals surface area contributed by atoms with Crippen LogP contribution in [-0.2, 0) is 0 Å². The van der Waals surface area contributed by atoms with Crippen molar-refractivity contribution in [3.63, 3.8) is 0 Å². The van der Waals surface area contributed by atoms with Crippen LogP contribution in [0.3, 0.4) is 0 Å². The van der Waals surface area contributed by atoms with E-state index in [0.717, 1.165) is 0 Å². The molecule has 1 heterocycles. The number of carboxylic acid groups (broad SMARTS) is 1. The number of carboxylic acids is 1. The average molecular weight is 235 g/mol. The van der Waals surface area contributed by atoms with Gasteiger partial charge in [-0.15, -0.1) is 0 Å². The molecular formula is C11H10FN3O2. The number of carbonyl (C=O) groups is 1. The number of hydrogen-bond acceptors (Lipinski definition) is 3. The lowest BCUT2D eigenvalue weighted by atomic mass is 10.2. The van der Waals surface area contributed by atoms with Crippen molar-refractivity contribution in [1.29, 1.82) is 0 Å². The van der Waals surface area contributed by atoms with E-state index in [9.17, 15) is 9.18 Å². The molecule has 88 valence electrons. The van der Waals surface area contributed by atoms with Gasteiger partial charge >= 0.3 is 5.97 Å². The summed E-state index contributed by atoms with van der Waals surface area (Å²) in [6.07, 6.45) is 0. The number of nitrogens with two attached hydrogens (primary N) is 1. The van der Waals surface area contributed by atoms with Gasteiger partial charge in [0.15, 0.2) is 5.69 Å². The Balaban J connectivity index is 2.52. The minimum Gasteiger partial charge on any atom is -0.476 e. The quantitative estimate of drug-likeness (QED) is 0.774. The van der Waals surface area contributed by atoms with Gasteiger partial charge in [0.05, 0.1) is 11.4 Å². The van der Waals surface area contributed by atoms with Gasteiger partial charge in [-0.25, -0.2) is 13.9 Å². The second-order valence-electron chi connectivity index (χ2n) is 3.59. The number of anilines is 1. The van der Waals surface area contributed by atoms with E-state index in [0.29, 0.717) is 11.4 Å². The van der Waals surface area contributed by atoms with Crippen molar-refractivity contribution in [2.24, 2.45) is 0 Å². The Hall–Kier alpha value is -2.37. The molecule has 0 amide bonds. The molecule has 0 saturated heterocycles. The topological polar surface area (TPSA) is 81.1 Å². The van der Waals surface area contributed by atoms with E-state index in [1.807, 2.05) is 0 Å². The largest absolute Gasteiger partial charge is 0.476 e. The number of hydrogen-bond donors (Lipinski definition) is 2. The van der Waals surface area contributed by atoms with Crippen LogP contribution in [0.5, 0.6) is 0 Å². The summed E-state index contributed by atoms with van der Waals surface area (Å²) < 4.78 is 14.4. The van der Waals surface area contributed by atoms with Crippen molar-refractivity contribution in [3.8, 4) is 5.69 Å². The van der Waals surface area contributed by atoms with E-state index >= 15 is 0 Å². The SMILES string of the molecule is Cc1cc(C(=O)O)nn1-c1ccc(F)c(N)c1. The van der Waals surface area contributed by atoms with Crippen molar-refractivity contribution in [2.45, 2.75) is 6.92 Å². The smallest absolute Gasteiger partial charge is 0.356 e. The lowest BCUT2D eigenvalue weighted by Gasteiger charge is -2.05. The van der Waals surface area contributed by atoms with Crippen molar-refractivity contribution in [3.05, 3.63) is 41.5 Å². The molecule has 0 fully saturated rings. The molecule has 0 bridgehead atoms. The molecular weight excluding hydrogens is 225 g/mol. The lowest BCUT2D eigenvalue weighted by Crippen LogP contribution is -2.03. The highest BCUT2D eigenvalue weighted by Crippen LogP contribution is 2.17. The summed E-state index contributed by atoms with van der Waals surface area (Å²) in [4.78, 5) is 10.8. The Labute approximate surface area is 96.3 Å². The minimum absolute atomic E-state index is 0.00530. The average Bonchev–Trinajstić information content (AvgIpc) is 2.65. The second-order valence-corrected chi connectivity index (χ2v) is 3.59. The zero-order valence-corrected chi connectivity index (χ0v) is 9.01. The zero-order chi connectivity index (χ0) is 12.6. The summed E-state index contributed by atoms with van der Waals surface area (Å²) in [6.45, 7) is 1.71. The summed E-state index contributed by atoms with van der Waals surface area (Å²) in [5.74, 6) is -1.63. The Bertz CT molecular complexity index is 592. The monoisotopic (exact) mass is 235 g/mol. The lowest BCUT2D eigenvalue weighted by molar-refractivity contribution is 0.0690. The molecule has 0 saturated carbocycles. The van der Waals surface area contributed by atoms with Gasteiger partial charge in [0.25, 0.3) is 0 Å². The van der Waals surface area contributed by atoms with E-state index in [4.69, 9.17) is 10.8 Å². The third-order valence-electron chi connectivity index (χ3n) is 2.33. The number of aryl methyl sites for hydroxylation is 1. The molecule has 0 unspecified atom stereocenters. The Morgan fingerprint density at radius 1 is 1.47 bits per heavy atom. The molecule has 0 aliphatic heterocycles. The van der Waals surface area contributed by atoms with Crippen LogP contribution >= 0.6 is 0 Å². The molecule has 0 aliphatic carbocycles. The molecule has 0 aliphatic rings. The summed E-state index contributed by atoms with van der Waals surface area (Å²) in [6, 6.07) is 5.53. The highest BCUT2D eigenvalue weighted by molar-refractivity contribution is 5.85. The van der Waals surface area contributed by atoms with Gasteiger partial charge in [-0.3, -0.25) is 0 Å². The van der Waals surface area contributed by atoms with Crippen LogP contribution in [0, 0.1) is 12.7 Å². The van der Waals surface area contributed by atoms with Gasteiger partial charge in [0.2, 0.25) is 0 Å². The number of halogens is 1. The molecule has 0 atom stereocenters. The predicted molar refractivity (Wildman–Crippen MR) is 59.6 cm³/mol. The van der Waals surface area contributed by atoms with Crippen molar-refractivity contribution < 1.29 is 14.3 Å². The van der Waals surface area contributed by atoms with Gasteiger partial charge < -0.3 is 10.8 Å². The van der Waals surface area contributed by atoms with Crippen molar-refractivity contribution in [2.75, 3.05) is 5.73 Å². The summed E-state index contributed by atoms with van der Waals surface area (Å²) in [7, 11) is 0.